The first-order valence-corrected chi connectivity index (χ1v) is 9.80. The van der Waals surface area contributed by atoms with E-state index in [-0.39, 0.29) is 22.8 Å². The summed E-state index contributed by atoms with van der Waals surface area (Å²) < 4.78 is 26.8. The zero-order valence-corrected chi connectivity index (χ0v) is 15.2. The minimum atomic E-state index is -3.58. The summed E-state index contributed by atoms with van der Waals surface area (Å²) in [5.74, 6) is -1.37. The number of hydrogen-bond acceptors (Lipinski definition) is 4. The van der Waals surface area contributed by atoms with E-state index in [4.69, 9.17) is 5.11 Å². The smallest absolute Gasteiger partial charge is 0.306 e. The molecule has 1 aromatic rings. The molecule has 1 aliphatic rings. The molecule has 7 nitrogen and oxygen atoms in total. The molecule has 0 aliphatic heterocycles. The molecule has 3 N–H and O–H groups in total. The van der Waals surface area contributed by atoms with Gasteiger partial charge in [0.15, 0.2) is 0 Å². The molecule has 2 atom stereocenters. The van der Waals surface area contributed by atoms with Gasteiger partial charge in [-0.2, -0.15) is 0 Å². The second-order valence-electron chi connectivity index (χ2n) is 6.79. The monoisotopic (exact) mass is 368 g/mol. The molecule has 1 saturated carbocycles. The summed E-state index contributed by atoms with van der Waals surface area (Å²) >= 11 is 0. The van der Waals surface area contributed by atoms with Crippen LogP contribution in [0.4, 0.5) is 0 Å². The molecule has 1 fully saturated rings. The SMILES string of the molecule is CC(C)CNS(=O)(=O)c1ccc(C(=O)N[C@H]2CC[C@@H](C(=O)O)C2)cc1. The lowest BCUT2D eigenvalue weighted by atomic mass is 10.1. The Bertz CT molecular complexity index is 728. The van der Waals surface area contributed by atoms with E-state index in [1.54, 1.807) is 0 Å². The molecule has 8 heteroatoms. The van der Waals surface area contributed by atoms with Crippen molar-refractivity contribution in [3.63, 3.8) is 0 Å². The maximum absolute atomic E-state index is 12.2. The van der Waals surface area contributed by atoms with Crippen LogP contribution < -0.4 is 10.0 Å². The number of benzene rings is 1. The lowest BCUT2D eigenvalue weighted by molar-refractivity contribution is -0.141. The first kappa shape index (κ1) is 19.4. The number of aliphatic carboxylic acids is 1. The summed E-state index contributed by atoms with van der Waals surface area (Å²) in [6.45, 7) is 4.17. The van der Waals surface area contributed by atoms with Crippen molar-refractivity contribution >= 4 is 21.9 Å². The van der Waals surface area contributed by atoms with Crippen LogP contribution in [0.2, 0.25) is 0 Å². The summed E-state index contributed by atoms with van der Waals surface area (Å²) in [6, 6.07) is 5.55. The standard InChI is InChI=1S/C17H24N2O5S/c1-11(2)10-18-25(23,24)15-7-4-12(5-8-15)16(20)19-14-6-3-13(9-14)17(21)22/h4-5,7-8,11,13-14,18H,3,6,9-10H2,1-2H3,(H,19,20)(H,21,22)/t13-,14+/m1/s1. The van der Waals surface area contributed by atoms with E-state index < -0.39 is 21.9 Å². The van der Waals surface area contributed by atoms with Crippen LogP contribution in [0.5, 0.6) is 0 Å². The number of nitrogens with one attached hydrogen (secondary N) is 2. The second-order valence-corrected chi connectivity index (χ2v) is 8.56. The number of carboxylic acid groups (broad SMARTS) is 1. The molecule has 25 heavy (non-hydrogen) atoms. The van der Waals surface area contributed by atoms with Crippen LogP contribution in [0.15, 0.2) is 29.2 Å². The molecule has 0 aromatic heterocycles. The number of amides is 1. The lowest BCUT2D eigenvalue weighted by Crippen LogP contribution is -2.33. The van der Waals surface area contributed by atoms with Crippen LogP contribution in [0.25, 0.3) is 0 Å². The topological polar surface area (TPSA) is 113 Å². The molecule has 138 valence electrons. The Morgan fingerprint density at radius 2 is 1.84 bits per heavy atom. The molecule has 0 heterocycles. The predicted octanol–water partition coefficient (Wildman–Crippen LogP) is 1.60. The van der Waals surface area contributed by atoms with E-state index in [9.17, 15) is 18.0 Å². The Morgan fingerprint density at radius 3 is 2.36 bits per heavy atom. The first-order valence-electron chi connectivity index (χ1n) is 8.32. The van der Waals surface area contributed by atoms with Gasteiger partial charge in [0.1, 0.15) is 0 Å². The van der Waals surface area contributed by atoms with E-state index in [1.165, 1.54) is 24.3 Å². The third kappa shape index (κ3) is 5.27. The molecule has 2 rings (SSSR count). The Kier molecular flexibility index (Phi) is 6.18. The zero-order chi connectivity index (χ0) is 18.6. The van der Waals surface area contributed by atoms with Gasteiger partial charge in [0, 0.05) is 18.2 Å². The maximum Gasteiger partial charge on any atom is 0.306 e. The molecule has 0 saturated heterocycles. The van der Waals surface area contributed by atoms with Crippen LogP contribution in [0.3, 0.4) is 0 Å². The summed E-state index contributed by atoms with van der Waals surface area (Å²) in [6.07, 6.45) is 1.61. The summed E-state index contributed by atoms with van der Waals surface area (Å²) in [7, 11) is -3.58. The number of carbonyl (C=O) groups excluding carboxylic acids is 1. The molecule has 0 bridgehead atoms. The normalized spacial score (nSPS) is 20.6. The van der Waals surface area contributed by atoms with Crippen molar-refractivity contribution in [2.75, 3.05) is 6.54 Å². The molecular formula is C17H24N2O5S. The molecule has 0 spiro atoms. The largest absolute Gasteiger partial charge is 0.481 e. The quantitative estimate of drug-likeness (QED) is 0.677. The van der Waals surface area contributed by atoms with Gasteiger partial charge >= 0.3 is 5.97 Å². The van der Waals surface area contributed by atoms with Crippen LogP contribution >= 0.6 is 0 Å². The fourth-order valence-electron chi connectivity index (χ4n) is 2.75. The first-order chi connectivity index (χ1) is 11.7. The Morgan fingerprint density at radius 1 is 1.20 bits per heavy atom. The van der Waals surface area contributed by atoms with E-state index >= 15 is 0 Å². The molecule has 0 unspecified atom stereocenters. The van der Waals surface area contributed by atoms with Gasteiger partial charge in [-0.05, 0) is 49.4 Å². The Labute approximate surface area is 147 Å². The van der Waals surface area contributed by atoms with Crippen molar-refractivity contribution in [2.24, 2.45) is 11.8 Å². The number of carboxylic acids is 1. The van der Waals surface area contributed by atoms with Crippen molar-refractivity contribution < 1.29 is 23.1 Å². The molecule has 1 aliphatic carbocycles. The predicted molar refractivity (Wildman–Crippen MR) is 92.7 cm³/mol. The van der Waals surface area contributed by atoms with Gasteiger partial charge in [-0.3, -0.25) is 9.59 Å². The highest BCUT2D eigenvalue weighted by molar-refractivity contribution is 7.89. The van der Waals surface area contributed by atoms with Crippen molar-refractivity contribution in [3.8, 4) is 0 Å². The molecule has 1 amide bonds. The van der Waals surface area contributed by atoms with Crippen LogP contribution in [0, 0.1) is 11.8 Å². The minimum absolute atomic E-state index is 0.108. The van der Waals surface area contributed by atoms with Gasteiger partial charge in [0.05, 0.1) is 10.8 Å². The van der Waals surface area contributed by atoms with Crippen LogP contribution in [-0.4, -0.2) is 38.0 Å². The third-order valence-electron chi connectivity index (χ3n) is 4.23. The fraction of sp³-hybridized carbons (Fsp3) is 0.529. The highest BCUT2D eigenvalue weighted by Gasteiger charge is 2.30. The van der Waals surface area contributed by atoms with Gasteiger partial charge in [-0.1, -0.05) is 13.8 Å². The summed E-state index contributed by atoms with van der Waals surface area (Å²) in [5, 5.41) is 11.8. The van der Waals surface area contributed by atoms with E-state index in [1.807, 2.05) is 13.8 Å². The summed E-state index contributed by atoms with van der Waals surface area (Å²) in [4.78, 5) is 23.3. The minimum Gasteiger partial charge on any atom is -0.481 e. The van der Waals surface area contributed by atoms with Gasteiger partial charge in [0.25, 0.3) is 5.91 Å². The molecular weight excluding hydrogens is 344 g/mol. The molecule has 1 aromatic carbocycles. The Hall–Kier alpha value is -1.93. The van der Waals surface area contributed by atoms with E-state index in [0.717, 1.165) is 0 Å². The van der Waals surface area contributed by atoms with Crippen molar-refractivity contribution in [1.82, 2.24) is 10.0 Å². The fourth-order valence-corrected chi connectivity index (χ4v) is 3.96. The number of sulfonamides is 1. The number of rotatable bonds is 7. The molecule has 0 radical (unpaired) electrons. The van der Waals surface area contributed by atoms with E-state index in [0.29, 0.717) is 31.4 Å². The van der Waals surface area contributed by atoms with Gasteiger partial charge in [-0.15, -0.1) is 0 Å². The van der Waals surface area contributed by atoms with Crippen molar-refractivity contribution in [3.05, 3.63) is 29.8 Å². The lowest BCUT2D eigenvalue weighted by Gasteiger charge is -2.13. The van der Waals surface area contributed by atoms with Crippen molar-refractivity contribution in [1.29, 1.82) is 0 Å². The van der Waals surface area contributed by atoms with E-state index in [2.05, 4.69) is 10.0 Å². The van der Waals surface area contributed by atoms with Gasteiger partial charge in [0.2, 0.25) is 10.0 Å². The Balaban J connectivity index is 1.97. The van der Waals surface area contributed by atoms with Gasteiger partial charge in [-0.25, -0.2) is 13.1 Å². The number of hydrogen-bond donors (Lipinski definition) is 3. The third-order valence-corrected chi connectivity index (χ3v) is 5.66. The van der Waals surface area contributed by atoms with Crippen molar-refractivity contribution in [2.45, 2.75) is 44.0 Å². The average molecular weight is 368 g/mol. The highest BCUT2D eigenvalue weighted by atomic mass is 32.2. The van der Waals surface area contributed by atoms with Crippen LogP contribution in [-0.2, 0) is 14.8 Å². The average Bonchev–Trinajstić information content (AvgIpc) is 3.02. The van der Waals surface area contributed by atoms with Crippen LogP contribution in [0.1, 0.15) is 43.5 Å². The maximum atomic E-state index is 12.2. The highest BCUT2D eigenvalue weighted by Crippen LogP contribution is 2.26. The summed E-state index contributed by atoms with van der Waals surface area (Å²) in [5.41, 5.74) is 0.349. The van der Waals surface area contributed by atoms with Gasteiger partial charge < -0.3 is 10.4 Å². The second kappa shape index (κ2) is 7.97. The number of carbonyl (C=O) groups is 2. The zero-order valence-electron chi connectivity index (χ0n) is 14.4.